The molecule has 2 aromatic rings. The Morgan fingerprint density at radius 2 is 1.78 bits per heavy atom. The minimum atomic E-state index is 0.120. The molecule has 0 bridgehead atoms. The average Bonchev–Trinajstić information content (AvgIpc) is 2.60. The predicted molar refractivity (Wildman–Crippen MR) is 96.3 cm³/mol. The van der Waals surface area contributed by atoms with Gasteiger partial charge in [-0.25, -0.2) is 0 Å². The highest BCUT2D eigenvalue weighted by Gasteiger charge is 2.18. The standard InChI is InChI=1S/C20H24N2O/c1-2-12-21-13-15-22(16-14-21)20(23)11-10-18-8-5-7-17-6-3-4-9-19(17)18/h3-11H,2,12-16H2,1H3/b11-10+. The number of benzene rings is 2. The molecule has 0 spiro atoms. The number of piperazine rings is 1. The molecule has 0 aliphatic carbocycles. The molecule has 3 heteroatoms. The quantitative estimate of drug-likeness (QED) is 0.808. The largest absolute Gasteiger partial charge is 0.337 e. The first-order valence-corrected chi connectivity index (χ1v) is 8.45. The third-order valence-electron chi connectivity index (χ3n) is 4.45. The molecule has 23 heavy (non-hydrogen) atoms. The van der Waals surface area contributed by atoms with Gasteiger partial charge < -0.3 is 4.90 Å². The molecular weight excluding hydrogens is 284 g/mol. The summed E-state index contributed by atoms with van der Waals surface area (Å²) in [7, 11) is 0. The van der Waals surface area contributed by atoms with Gasteiger partial charge in [-0.1, -0.05) is 49.4 Å². The smallest absolute Gasteiger partial charge is 0.246 e. The van der Waals surface area contributed by atoms with Gasteiger partial charge in [-0.3, -0.25) is 9.69 Å². The Labute approximate surface area is 138 Å². The summed E-state index contributed by atoms with van der Waals surface area (Å²) in [6, 6.07) is 14.5. The number of hydrogen-bond acceptors (Lipinski definition) is 2. The van der Waals surface area contributed by atoms with E-state index in [2.05, 4.69) is 36.1 Å². The van der Waals surface area contributed by atoms with Crippen molar-refractivity contribution in [1.29, 1.82) is 0 Å². The fraction of sp³-hybridized carbons (Fsp3) is 0.350. The third-order valence-corrected chi connectivity index (χ3v) is 4.45. The van der Waals surface area contributed by atoms with Gasteiger partial charge >= 0.3 is 0 Å². The van der Waals surface area contributed by atoms with E-state index in [1.165, 1.54) is 17.2 Å². The summed E-state index contributed by atoms with van der Waals surface area (Å²) in [5, 5.41) is 2.39. The molecule has 0 aromatic heterocycles. The van der Waals surface area contributed by atoms with Crippen molar-refractivity contribution in [2.45, 2.75) is 13.3 Å². The summed E-state index contributed by atoms with van der Waals surface area (Å²) in [6.45, 7) is 6.97. The van der Waals surface area contributed by atoms with Gasteiger partial charge in [0.1, 0.15) is 0 Å². The first kappa shape index (κ1) is 15.8. The van der Waals surface area contributed by atoms with Crippen LogP contribution in [0.2, 0.25) is 0 Å². The Balaban J connectivity index is 1.67. The number of amides is 1. The van der Waals surface area contributed by atoms with Gasteiger partial charge in [0.2, 0.25) is 5.91 Å². The maximum absolute atomic E-state index is 12.4. The van der Waals surface area contributed by atoms with Gasteiger partial charge in [-0.2, -0.15) is 0 Å². The maximum atomic E-state index is 12.4. The second kappa shape index (κ2) is 7.42. The Morgan fingerprint density at radius 3 is 2.57 bits per heavy atom. The van der Waals surface area contributed by atoms with E-state index < -0.39 is 0 Å². The zero-order valence-electron chi connectivity index (χ0n) is 13.7. The molecule has 120 valence electrons. The first-order chi connectivity index (χ1) is 11.3. The van der Waals surface area contributed by atoms with Crippen molar-refractivity contribution >= 4 is 22.8 Å². The van der Waals surface area contributed by atoms with Crippen molar-refractivity contribution in [1.82, 2.24) is 9.80 Å². The van der Waals surface area contributed by atoms with Gasteiger partial charge in [-0.15, -0.1) is 0 Å². The van der Waals surface area contributed by atoms with Gasteiger partial charge in [0.15, 0.2) is 0 Å². The Kier molecular flexibility index (Phi) is 5.09. The van der Waals surface area contributed by atoms with Crippen LogP contribution in [0.4, 0.5) is 0 Å². The third kappa shape index (κ3) is 3.80. The molecule has 0 unspecified atom stereocenters. The molecule has 0 radical (unpaired) electrons. The predicted octanol–water partition coefficient (Wildman–Crippen LogP) is 3.41. The SMILES string of the molecule is CCCN1CCN(C(=O)/C=C/c2cccc3ccccc23)CC1. The fourth-order valence-corrected chi connectivity index (χ4v) is 3.17. The second-order valence-electron chi connectivity index (χ2n) is 6.07. The summed E-state index contributed by atoms with van der Waals surface area (Å²) >= 11 is 0. The monoisotopic (exact) mass is 308 g/mol. The van der Waals surface area contributed by atoms with Crippen LogP contribution in [-0.2, 0) is 4.79 Å². The Morgan fingerprint density at radius 1 is 1.04 bits per heavy atom. The summed E-state index contributed by atoms with van der Waals surface area (Å²) < 4.78 is 0. The van der Waals surface area contributed by atoms with Gasteiger partial charge in [0.25, 0.3) is 0 Å². The number of carbonyl (C=O) groups is 1. The van der Waals surface area contributed by atoms with Gasteiger partial charge in [-0.05, 0) is 35.4 Å². The minimum absolute atomic E-state index is 0.120. The Hall–Kier alpha value is -2.13. The lowest BCUT2D eigenvalue weighted by atomic mass is 10.0. The molecule has 1 heterocycles. The zero-order valence-corrected chi connectivity index (χ0v) is 13.7. The molecule has 0 atom stereocenters. The molecule has 0 N–H and O–H groups in total. The van der Waals surface area contributed by atoms with E-state index >= 15 is 0 Å². The van der Waals surface area contributed by atoms with Crippen molar-refractivity contribution in [3.8, 4) is 0 Å². The molecule has 0 saturated carbocycles. The van der Waals surface area contributed by atoms with Crippen LogP contribution in [-0.4, -0.2) is 48.4 Å². The molecule has 1 aliphatic rings. The first-order valence-electron chi connectivity index (χ1n) is 8.45. The topological polar surface area (TPSA) is 23.6 Å². The molecular formula is C20H24N2O. The van der Waals surface area contributed by atoms with Crippen LogP contribution in [0.15, 0.2) is 48.5 Å². The normalized spacial score (nSPS) is 16.3. The average molecular weight is 308 g/mol. The van der Waals surface area contributed by atoms with E-state index in [0.29, 0.717) is 0 Å². The number of carbonyl (C=O) groups excluding carboxylic acids is 1. The molecule has 3 rings (SSSR count). The molecule has 1 saturated heterocycles. The van der Waals surface area contributed by atoms with E-state index in [-0.39, 0.29) is 5.91 Å². The second-order valence-corrected chi connectivity index (χ2v) is 6.07. The Bertz CT molecular complexity index is 694. The zero-order chi connectivity index (χ0) is 16.1. The lowest BCUT2D eigenvalue weighted by molar-refractivity contribution is -0.127. The fourth-order valence-electron chi connectivity index (χ4n) is 3.17. The van der Waals surface area contributed by atoms with Crippen LogP contribution < -0.4 is 0 Å². The van der Waals surface area contributed by atoms with Crippen molar-refractivity contribution in [3.05, 3.63) is 54.1 Å². The molecule has 3 nitrogen and oxygen atoms in total. The number of hydrogen-bond donors (Lipinski definition) is 0. The lowest BCUT2D eigenvalue weighted by Gasteiger charge is -2.34. The van der Waals surface area contributed by atoms with Crippen LogP contribution in [0.5, 0.6) is 0 Å². The summed E-state index contributed by atoms with van der Waals surface area (Å²) in [4.78, 5) is 16.8. The van der Waals surface area contributed by atoms with Crippen molar-refractivity contribution < 1.29 is 4.79 Å². The van der Waals surface area contributed by atoms with Crippen LogP contribution >= 0.6 is 0 Å². The van der Waals surface area contributed by atoms with E-state index in [1.807, 2.05) is 29.2 Å². The van der Waals surface area contributed by atoms with E-state index in [1.54, 1.807) is 6.08 Å². The van der Waals surface area contributed by atoms with Gasteiger partial charge in [0, 0.05) is 32.3 Å². The minimum Gasteiger partial charge on any atom is -0.337 e. The lowest BCUT2D eigenvalue weighted by Crippen LogP contribution is -2.48. The maximum Gasteiger partial charge on any atom is 0.246 e. The highest BCUT2D eigenvalue weighted by molar-refractivity contribution is 5.96. The summed E-state index contributed by atoms with van der Waals surface area (Å²) in [5.74, 6) is 0.120. The van der Waals surface area contributed by atoms with E-state index in [4.69, 9.17) is 0 Å². The number of fused-ring (bicyclic) bond motifs is 1. The van der Waals surface area contributed by atoms with Crippen LogP contribution in [0, 0.1) is 0 Å². The highest BCUT2D eigenvalue weighted by atomic mass is 16.2. The van der Waals surface area contributed by atoms with Crippen molar-refractivity contribution in [3.63, 3.8) is 0 Å². The summed E-state index contributed by atoms with van der Waals surface area (Å²) in [5.41, 5.74) is 1.10. The van der Waals surface area contributed by atoms with Gasteiger partial charge in [0.05, 0.1) is 0 Å². The molecule has 1 fully saturated rings. The highest BCUT2D eigenvalue weighted by Crippen LogP contribution is 2.19. The number of rotatable bonds is 4. The van der Waals surface area contributed by atoms with Crippen molar-refractivity contribution in [2.24, 2.45) is 0 Å². The van der Waals surface area contributed by atoms with Crippen molar-refractivity contribution in [2.75, 3.05) is 32.7 Å². The molecule has 2 aromatic carbocycles. The molecule has 1 aliphatic heterocycles. The van der Waals surface area contributed by atoms with Crippen LogP contribution in [0.1, 0.15) is 18.9 Å². The van der Waals surface area contributed by atoms with Crippen LogP contribution in [0.25, 0.3) is 16.8 Å². The number of nitrogens with zero attached hydrogens (tertiary/aromatic N) is 2. The van der Waals surface area contributed by atoms with E-state index in [9.17, 15) is 4.79 Å². The summed E-state index contributed by atoms with van der Waals surface area (Å²) in [6.07, 6.45) is 4.84. The van der Waals surface area contributed by atoms with E-state index in [0.717, 1.165) is 38.3 Å². The molecule has 1 amide bonds. The van der Waals surface area contributed by atoms with Crippen LogP contribution in [0.3, 0.4) is 0 Å².